The third kappa shape index (κ3) is 4.95. The van der Waals surface area contributed by atoms with Crippen molar-refractivity contribution < 1.29 is 4.74 Å². The summed E-state index contributed by atoms with van der Waals surface area (Å²) in [5, 5.41) is 11.6. The smallest absolute Gasteiger partial charge is 0.323 e. The number of rotatable bonds is 7. The van der Waals surface area contributed by atoms with Crippen LogP contribution < -0.4 is 15.0 Å². The van der Waals surface area contributed by atoms with Crippen molar-refractivity contribution >= 4 is 11.9 Å². The highest BCUT2D eigenvalue weighted by molar-refractivity contribution is 5.37. The number of nitriles is 1. The summed E-state index contributed by atoms with van der Waals surface area (Å²) in [5.41, 5.74) is 0. The Hall–Kier alpha value is -2.10. The molecule has 0 spiro atoms. The molecule has 0 unspecified atom stereocenters. The second kappa shape index (κ2) is 7.36. The van der Waals surface area contributed by atoms with Gasteiger partial charge in [-0.15, -0.1) is 0 Å². The van der Waals surface area contributed by atoms with Gasteiger partial charge in [0.05, 0.1) is 18.6 Å². The van der Waals surface area contributed by atoms with E-state index in [0.29, 0.717) is 37.4 Å². The Morgan fingerprint density at radius 2 is 2.11 bits per heavy atom. The van der Waals surface area contributed by atoms with Gasteiger partial charge in [-0.1, -0.05) is 0 Å². The van der Waals surface area contributed by atoms with E-state index in [2.05, 4.69) is 26.3 Å². The number of anilines is 2. The minimum Gasteiger partial charge on any atom is -0.461 e. The first-order chi connectivity index (χ1) is 9.06. The van der Waals surface area contributed by atoms with Gasteiger partial charge in [0.2, 0.25) is 11.9 Å². The maximum absolute atomic E-state index is 8.61. The van der Waals surface area contributed by atoms with Gasteiger partial charge < -0.3 is 15.0 Å². The van der Waals surface area contributed by atoms with E-state index in [1.807, 2.05) is 27.8 Å². The average molecular weight is 264 g/mol. The van der Waals surface area contributed by atoms with E-state index in [4.69, 9.17) is 10.00 Å². The maximum Gasteiger partial charge on any atom is 0.323 e. The topological polar surface area (TPSA) is 87.0 Å². The van der Waals surface area contributed by atoms with Gasteiger partial charge in [-0.05, 0) is 20.8 Å². The molecule has 7 nitrogen and oxygen atoms in total. The van der Waals surface area contributed by atoms with E-state index in [-0.39, 0.29) is 6.10 Å². The molecule has 1 N–H and O–H groups in total. The molecule has 0 aliphatic rings. The highest BCUT2D eigenvalue weighted by Gasteiger charge is 2.11. The average Bonchev–Trinajstić information content (AvgIpc) is 2.35. The Morgan fingerprint density at radius 1 is 1.37 bits per heavy atom. The lowest BCUT2D eigenvalue weighted by Crippen LogP contribution is -2.22. The third-order valence-electron chi connectivity index (χ3n) is 2.18. The number of nitrogens with one attached hydrogen (secondary N) is 1. The van der Waals surface area contributed by atoms with Crippen LogP contribution in [0.1, 0.15) is 27.2 Å². The van der Waals surface area contributed by atoms with Gasteiger partial charge in [0.25, 0.3) is 0 Å². The van der Waals surface area contributed by atoms with Crippen LogP contribution in [0.3, 0.4) is 0 Å². The maximum atomic E-state index is 8.61. The van der Waals surface area contributed by atoms with Gasteiger partial charge in [-0.3, -0.25) is 0 Å². The van der Waals surface area contributed by atoms with Crippen molar-refractivity contribution in [3.8, 4) is 12.1 Å². The van der Waals surface area contributed by atoms with Gasteiger partial charge in [-0.25, -0.2) is 0 Å². The lowest BCUT2D eigenvalue weighted by molar-refractivity contribution is 0.222. The van der Waals surface area contributed by atoms with Gasteiger partial charge in [0.1, 0.15) is 0 Å². The predicted molar refractivity (Wildman–Crippen MR) is 73.3 cm³/mol. The van der Waals surface area contributed by atoms with Gasteiger partial charge in [0.15, 0.2) is 0 Å². The molecule has 19 heavy (non-hydrogen) atoms. The van der Waals surface area contributed by atoms with Crippen LogP contribution in [0.25, 0.3) is 0 Å². The summed E-state index contributed by atoms with van der Waals surface area (Å²) >= 11 is 0. The Morgan fingerprint density at radius 3 is 2.68 bits per heavy atom. The molecule has 0 atom stereocenters. The largest absolute Gasteiger partial charge is 0.461 e. The molecule has 7 heteroatoms. The zero-order valence-electron chi connectivity index (χ0n) is 11.8. The summed E-state index contributed by atoms with van der Waals surface area (Å²) in [6, 6.07) is 2.39. The van der Waals surface area contributed by atoms with Crippen molar-refractivity contribution in [1.29, 1.82) is 5.26 Å². The molecule has 0 bridgehead atoms. The predicted octanol–water partition coefficient (Wildman–Crippen LogP) is 1.44. The Labute approximate surface area is 113 Å². The molecule has 0 fully saturated rings. The van der Waals surface area contributed by atoms with Crippen molar-refractivity contribution in [3.63, 3.8) is 0 Å². The van der Waals surface area contributed by atoms with E-state index >= 15 is 0 Å². The first kappa shape index (κ1) is 15.0. The van der Waals surface area contributed by atoms with Crippen LogP contribution in [0.5, 0.6) is 6.01 Å². The molecule has 0 aliphatic carbocycles. The fraction of sp³-hybridized carbons (Fsp3) is 0.667. The van der Waals surface area contributed by atoms with E-state index in [0.717, 1.165) is 0 Å². The summed E-state index contributed by atoms with van der Waals surface area (Å²) in [6.45, 7) is 7.07. The van der Waals surface area contributed by atoms with E-state index in [1.165, 1.54) is 0 Å². The molecule has 0 saturated heterocycles. The van der Waals surface area contributed by atoms with Crippen LogP contribution in [-0.2, 0) is 0 Å². The molecule has 0 saturated carbocycles. The van der Waals surface area contributed by atoms with E-state index in [1.54, 1.807) is 4.90 Å². The van der Waals surface area contributed by atoms with Crippen molar-refractivity contribution in [2.24, 2.45) is 0 Å². The van der Waals surface area contributed by atoms with Crippen molar-refractivity contribution in [3.05, 3.63) is 0 Å². The van der Waals surface area contributed by atoms with Gasteiger partial charge >= 0.3 is 6.01 Å². The van der Waals surface area contributed by atoms with Crippen molar-refractivity contribution in [1.82, 2.24) is 15.0 Å². The number of aromatic nitrogens is 3. The van der Waals surface area contributed by atoms with Gasteiger partial charge in [-0.2, -0.15) is 20.2 Å². The molecule has 1 heterocycles. The molecule has 0 amide bonds. The van der Waals surface area contributed by atoms with Crippen LogP contribution in [0.2, 0.25) is 0 Å². The Balaban J connectivity index is 2.95. The highest BCUT2D eigenvalue weighted by Crippen LogP contribution is 2.15. The normalized spacial score (nSPS) is 10.1. The number of ether oxygens (including phenoxy) is 1. The van der Waals surface area contributed by atoms with Crippen LogP contribution >= 0.6 is 0 Å². The van der Waals surface area contributed by atoms with Crippen LogP contribution in [-0.4, -0.2) is 41.2 Å². The lowest BCUT2D eigenvalue weighted by atomic mass is 10.4. The van der Waals surface area contributed by atoms with E-state index in [9.17, 15) is 0 Å². The minimum absolute atomic E-state index is 0.00542. The first-order valence-corrected chi connectivity index (χ1v) is 6.31. The lowest BCUT2D eigenvalue weighted by Gasteiger charge is -2.17. The van der Waals surface area contributed by atoms with Gasteiger partial charge in [0, 0.05) is 20.1 Å². The first-order valence-electron chi connectivity index (χ1n) is 6.31. The SMILES string of the molecule is CCNc1nc(OC(C)C)nc(N(C)CCC#N)n1. The fourth-order valence-electron chi connectivity index (χ4n) is 1.33. The summed E-state index contributed by atoms with van der Waals surface area (Å²) in [5.74, 6) is 0.976. The minimum atomic E-state index is -0.00542. The highest BCUT2D eigenvalue weighted by atomic mass is 16.5. The molecule has 104 valence electrons. The van der Waals surface area contributed by atoms with Crippen molar-refractivity contribution in [2.45, 2.75) is 33.3 Å². The standard InChI is InChI=1S/C12H20N6O/c1-5-14-10-15-11(18(4)8-6-7-13)17-12(16-10)19-9(2)3/h9H,5-6,8H2,1-4H3,(H,14,15,16,17). The molecular formula is C12H20N6O. The Kier molecular flexibility index (Phi) is 5.79. The Bertz CT molecular complexity index is 442. The zero-order chi connectivity index (χ0) is 14.3. The third-order valence-corrected chi connectivity index (χ3v) is 2.18. The summed E-state index contributed by atoms with van der Waals surface area (Å²) in [7, 11) is 1.83. The molecule has 0 aromatic carbocycles. The molecule has 1 rings (SSSR count). The van der Waals surface area contributed by atoms with Crippen LogP contribution in [0, 0.1) is 11.3 Å². The molecule has 0 aliphatic heterocycles. The second-order valence-electron chi connectivity index (χ2n) is 4.27. The molecule has 1 aromatic rings. The van der Waals surface area contributed by atoms with Crippen molar-refractivity contribution in [2.75, 3.05) is 30.4 Å². The summed E-state index contributed by atoms with van der Waals surface area (Å²) in [6.07, 6.45) is 0.410. The number of nitrogens with zero attached hydrogens (tertiary/aromatic N) is 5. The number of hydrogen-bond donors (Lipinski definition) is 1. The fourth-order valence-corrected chi connectivity index (χ4v) is 1.33. The quantitative estimate of drug-likeness (QED) is 0.797. The number of hydrogen-bond acceptors (Lipinski definition) is 7. The van der Waals surface area contributed by atoms with Crippen LogP contribution in [0.4, 0.5) is 11.9 Å². The van der Waals surface area contributed by atoms with Crippen LogP contribution in [0.15, 0.2) is 0 Å². The molecular weight excluding hydrogens is 244 g/mol. The summed E-state index contributed by atoms with van der Waals surface area (Å²) < 4.78 is 5.50. The molecule has 1 aromatic heterocycles. The zero-order valence-corrected chi connectivity index (χ0v) is 11.8. The van der Waals surface area contributed by atoms with E-state index < -0.39 is 0 Å². The summed E-state index contributed by atoms with van der Waals surface area (Å²) in [4.78, 5) is 14.5. The monoisotopic (exact) mass is 264 g/mol. The molecule has 0 radical (unpaired) electrons. The second-order valence-corrected chi connectivity index (χ2v) is 4.27.